The molecule has 0 unspecified atom stereocenters. The molecule has 1 aliphatic heterocycles. The molecule has 3 nitrogen and oxygen atoms in total. The van der Waals surface area contributed by atoms with Crippen molar-refractivity contribution < 1.29 is 14.3 Å². The van der Waals surface area contributed by atoms with Crippen LogP contribution in [0.15, 0.2) is 54.6 Å². The third kappa shape index (κ3) is 4.04. The molecule has 0 radical (unpaired) electrons. The second-order valence-electron chi connectivity index (χ2n) is 6.17. The molecule has 0 bridgehead atoms. The first-order chi connectivity index (χ1) is 11.8. The van der Waals surface area contributed by atoms with Gasteiger partial charge in [0.15, 0.2) is 12.1 Å². The molecule has 2 atom stereocenters. The Bertz CT molecular complexity index is 643. The Morgan fingerprint density at radius 2 is 1.88 bits per heavy atom. The molecule has 24 heavy (non-hydrogen) atoms. The third-order valence-corrected chi connectivity index (χ3v) is 4.47. The van der Waals surface area contributed by atoms with E-state index in [-0.39, 0.29) is 18.0 Å². The highest BCUT2D eigenvalue weighted by molar-refractivity contribution is 6.00. The predicted octanol–water partition coefficient (Wildman–Crippen LogP) is 4.97. The van der Waals surface area contributed by atoms with Crippen LogP contribution in [-0.2, 0) is 4.74 Å². The summed E-state index contributed by atoms with van der Waals surface area (Å²) >= 11 is 0. The number of benzene rings is 2. The average Bonchev–Trinajstić information content (AvgIpc) is 2.65. The van der Waals surface area contributed by atoms with Crippen molar-refractivity contribution in [2.24, 2.45) is 0 Å². The average molecular weight is 324 g/mol. The van der Waals surface area contributed by atoms with E-state index in [9.17, 15) is 4.79 Å². The van der Waals surface area contributed by atoms with Crippen LogP contribution < -0.4 is 4.74 Å². The molecule has 0 saturated carbocycles. The van der Waals surface area contributed by atoms with Gasteiger partial charge in [0.1, 0.15) is 5.75 Å². The van der Waals surface area contributed by atoms with Crippen molar-refractivity contribution in [2.45, 2.75) is 44.8 Å². The zero-order valence-corrected chi connectivity index (χ0v) is 14.1. The van der Waals surface area contributed by atoms with Crippen molar-refractivity contribution in [3.05, 3.63) is 65.7 Å². The van der Waals surface area contributed by atoms with E-state index in [4.69, 9.17) is 9.47 Å². The quantitative estimate of drug-likeness (QED) is 0.704. The molecule has 2 aromatic carbocycles. The van der Waals surface area contributed by atoms with Gasteiger partial charge in [-0.15, -0.1) is 0 Å². The third-order valence-electron chi connectivity index (χ3n) is 4.47. The van der Waals surface area contributed by atoms with Crippen molar-refractivity contribution >= 4 is 5.78 Å². The van der Waals surface area contributed by atoms with E-state index in [1.165, 1.54) is 0 Å². The Labute approximate surface area is 143 Å². The normalized spacial score (nSPS) is 18.8. The molecular weight excluding hydrogens is 300 g/mol. The Hall–Kier alpha value is -2.13. The molecule has 1 fully saturated rings. The van der Waals surface area contributed by atoms with Crippen LogP contribution in [0.4, 0.5) is 0 Å². The summed E-state index contributed by atoms with van der Waals surface area (Å²) in [6.45, 7) is 2.82. The lowest BCUT2D eigenvalue weighted by Gasteiger charge is -2.23. The molecule has 126 valence electrons. The van der Waals surface area contributed by atoms with Gasteiger partial charge in [-0.1, -0.05) is 49.4 Å². The number of rotatable bonds is 6. The number of ether oxygens (including phenoxy) is 2. The van der Waals surface area contributed by atoms with Crippen LogP contribution in [0.2, 0.25) is 0 Å². The molecular formula is C21H24O3. The van der Waals surface area contributed by atoms with Crippen LogP contribution in [0.1, 0.15) is 54.4 Å². The number of Topliss-reactive ketones (excluding diaryl/α,β-unsaturated/α-hetero) is 1. The molecule has 0 aliphatic carbocycles. The van der Waals surface area contributed by atoms with Crippen molar-refractivity contribution in [2.75, 3.05) is 6.61 Å². The number of carbonyl (C=O) groups excluding carboxylic acids is 1. The number of hydrogen-bond acceptors (Lipinski definition) is 3. The standard InChI is InChI=1S/C21H24O3/c1-2-19(21(22)17-8-4-3-5-9-17)16-11-13-18(14-12-16)24-20-10-6-7-15-23-20/h3-5,8-9,11-14,19-20H,2,6-7,10,15H2,1H3/t19-,20+/m0/s1. The van der Waals surface area contributed by atoms with Gasteiger partial charge >= 0.3 is 0 Å². The number of hydrogen-bond donors (Lipinski definition) is 0. The van der Waals surface area contributed by atoms with Gasteiger partial charge in [-0.2, -0.15) is 0 Å². The van der Waals surface area contributed by atoms with Crippen molar-refractivity contribution in [3.8, 4) is 5.75 Å². The maximum Gasteiger partial charge on any atom is 0.199 e. The molecule has 1 saturated heterocycles. The van der Waals surface area contributed by atoms with Gasteiger partial charge in [-0.3, -0.25) is 4.79 Å². The summed E-state index contributed by atoms with van der Waals surface area (Å²) in [4.78, 5) is 12.7. The minimum Gasteiger partial charge on any atom is -0.465 e. The molecule has 3 rings (SSSR count). The molecule has 0 aromatic heterocycles. The van der Waals surface area contributed by atoms with Gasteiger partial charge in [-0.05, 0) is 37.0 Å². The first-order valence-corrected chi connectivity index (χ1v) is 8.75. The van der Waals surface area contributed by atoms with E-state index in [0.717, 1.165) is 49.2 Å². The van der Waals surface area contributed by atoms with Crippen LogP contribution >= 0.6 is 0 Å². The van der Waals surface area contributed by atoms with E-state index in [2.05, 4.69) is 0 Å². The summed E-state index contributed by atoms with van der Waals surface area (Å²) in [5.41, 5.74) is 1.79. The summed E-state index contributed by atoms with van der Waals surface area (Å²) in [6, 6.07) is 17.4. The highest BCUT2D eigenvalue weighted by Crippen LogP contribution is 2.27. The zero-order valence-electron chi connectivity index (χ0n) is 14.1. The lowest BCUT2D eigenvalue weighted by atomic mass is 9.88. The molecule has 0 amide bonds. The summed E-state index contributed by atoms with van der Waals surface area (Å²) in [5, 5.41) is 0. The summed E-state index contributed by atoms with van der Waals surface area (Å²) < 4.78 is 11.5. The highest BCUT2D eigenvalue weighted by Gasteiger charge is 2.20. The van der Waals surface area contributed by atoms with Crippen LogP contribution in [0.3, 0.4) is 0 Å². The molecule has 0 spiro atoms. The fourth-order valence-electron chi connectivity index (χ4n) is 3.11. The van der Waals surface area contributed by atoms with Gasteiger partial charge in [0.25, 0.3) is 0 Å². The first-order valence-electron chi connectivity index (χ1n) is 8.75. The lowest BCUT2D eigenvalue weighted by molar-refractivity contribution is -0.105. The first kappa shape index (κ1) is 16.7. The van der Waals surface area contributed by atoms with Crippen LogP contribution in [-0.4, -0.2) is 18.7 Å². The van der Waals surface area contributed by atoms with Gasteiger partial charge in [-0.25, -0.2) is 0 Å². The minimum atomic E-state index is -0.141. The summed E-state index contributed by atoms with van der Waals surface area (Å²) in [7, 11) is 0. The van der Waals surface area contributed by atoms with E-state index < -0.39 is 0 Å². The topological polar surface area (TPSA) is 35.5 Å². The lowest BCUT2D eigenvalue weighted by Crippen LogP contribution is -2.24. The second kappa shape index (κ2) is 8.11. The van der Waals surface area contributed by atoms with Crippen molar-refractivity contribution in [1.82, 2.24) is 0 Å². The van der Waals surface area contributed by atoms with Crippen LogP contribution in [0.25, 0.3) is 0 Å². The van der Waals surface area contributed by atoms with E-state index in [1.807, 2.05) is 61.5 Å². The molecule has 2 aromatic rings. The minimum absolute atomic E-state index is 0.118. The van der Waals surface area contributed by atoms with Gasteiger partial charge in [0.05, 0.1) is 6.61 Å². The maximum absolute atomic E-state index is 12.7. The molecule has 0 N–H and O–H groups in total. The van der Waals surface area contributed by atoms with E-state index >= 15 is 0 Å². The van der Waals surface area contributed by atoms with Crippen LogP contribution in [0.5, 0.6) is 5.75 Å². The van der Waals surface area contributed by atoms with Gasteiger partial charge in [0.2, 0.25) is 0 Å². The van der Waals surface area contributed by atoms with E-state index in [0.29, 0.717) is 0 Å². The molecule has 3 heteroatoms. The highest BCUT2D eigenvalue weighted by atomic mass is 16.7. The Morgan fingerprint density at radius 1 is 1.12 bits per heavy atom. The van der Waals surface area contributed by atoms with E-state index in [1.54, 1.807) is 0 Å². The Balaban J connectivity index is 1.69. The molecule has 1 heterocycles. The fraction of sp³-hybridized carbons (Fsp3) is 0.381. The van der Waals surface area contributed by atoms with Gasteiger partial charge < -0.3 is 9.47 Å². The Kier molecular flexibility index (Phi) is 5.65. The SMILES string of the molecule is CC[C@H](C(=O)c1ccccc1)c1ccc(O[C@@H]2CCCCO2)cc1. The van der Waals surface area contributed by atoms with Crippen LogP contribution in [0, 0.1) is 0 Å². The monoisotopic (exact) mass is 324 g/mol. The number of carbonyl (C=O) groups is 1. The Morgan fingerprint density at radius 3 is 2.50 bits per heavy atom. The second-order valence-corrected chi connectivity index (χ2v) is 6.17. The summed E-state index contributed by atoms with van der Waals surface area (Å²) in [5.74, 6) is 0.849. The van der Waals surface area contributed by atoms with Crippen molar-refractivity contribution in [1.29, 1.82) is 0 Å². The molecule has 1 aliphatic rings. The van der Waals surface area contributed by atoms with Crippen molar-refractivity contribution in [3.63, 3.8) is 0 Å². The zero-order chi connectivity index (χ0) is 16.8. The number of ketones is 1. The largest absolute Gasteiger partial charge is 0.465 e. The summed E-state index contributed by atoms with van der Waals surface area (Å²) in [6.07, 6.45) is 3.83. The smallest absolute Gasteiger partial charge is 0.199 e. The predicted molar refractivity (Wildman–Crippen MR) is 94.5 cm³/mol. The fourth-order valence-corrected chi connectivity index (χ4v) is 3.11. The maximum atomic E-state index is 12.7. The van der Waals surface area contributed by atoms with Gasteiger partial charge in [0, 0.05) is 17.9 Å².